The zero-order chi connectivity index (χ0) is 21.2. The lowest BCUT2D eigenvalue weighted by Gasteiger charge is -2.30. The molecule has 0 spiro atoms. The summed E-state index contributed by atoms with van der Waals surface area (Å²) in [5.41, 5.74) is 2.13. The van der Waals surface area contributed by atoms with Crippen molar-refractivity contribution in [2.75, 3.05) is 39.3 Å². The van der Waals surface area contributed by atoms with Crippen LogP contribution in [0.4, 0.5) is 0 Å². The SMILES string of the molecule is O=C(C[NH+]1CCN(S(=O)(=O)/C=C/c2ccccc2)CC1)NCCCc1ccccc1. The maximum absolute atomic E-state index is 12.5. The van der Waals surface area contributed by atoms with Crippen molar-refractivity contribution < 1.29 is 18.1 Å². The van der Waals surface area contributed by atoms with Gasteiger partial charge < -0.3 is 10.2 Å². The van der Waals surface area contributed by atoms with Crippen LogP contribution in [0.2, 0.25) is 0 Å². The summed E-state index contributed by atoms with van der Waals surface area (Å²) in [5, 5.41) is 4.25. The first kappa shape index (κ1) is 22.2. The lowest BCUT2D eigenvalue weighted by molar-refractivity contribution is -0.895. The number of sulfonamides is 1. The fraction of sp³-hybridized carbons (Fsp3) is 0.348. The highest BCUT2D eigenvalue weighted by Gasteiger charge is 2.28. The van der Waals surface area contributed by atoms with Crippen LogP contribution in [0.1, 0.15) is 17.5 Å². The van der Waals surface area contributed by atoms with E-state index in [1.807, 2.05) is 48.5 Å². The van der Waals surface area contributed by atoms with Crippen LogP contribution in [0, 0.1) is 0 Å². The molecule has 7 heteroatoms. The number of hydrogen-bond donors (Lipinski definition) is 2. The average molecular weight is 429 g/mol. The van der Waals surface area contributed by atoms with E-state index in [4.69, 9.17) is 0 Å². The lowest BCUT2D eigenvalue weighted by Crippen LogP contribution is -3.15. The van der Waals surface area contributed by atoms with Gasteiger partial charge in [0.2, 0.25) is 10.0 Å². The standard InChI is InChI=1S/C23H29N3O3S/c27-23(24-14-7-12-21-8-3-1-4-9-21)20-25-15-17-26(18-16-25)30(28,29)19-13-22-10-5-2-6-11-22/h1-6,8-11,13,19H,7,12,14-18,20H2,(H,24,27)/p+1/b19-13+. The summed E-state index contributed by atoms with van der Waals surface area (Å²) in [5.74, 6) is 0.0262. The van der Waals surface area contributed by atoms with Gasteiger partial charge in [0.05, 0.1) is 26.2 Å². The Labute approximate surface area is 179 Å². The van der Waals surface area contributed by atoms with Crippen LogP contribution in [0.15, 0.2) is 66.1 Å². The minimum Gasteiger partial charge on any atom is -0.351 e. The Morgan fingerprint density at radius 2 is 1.63 bits per heavy atom. The van der Waals surface area contributed by atoms with Crippen molar-refractivity contribution in [3.63, 3.8) is 0 Å². The van der Waals surface area contributed by atoms with E-state index in [2.05, 4.69) is 17.4 Å². The number of rotatable bonds is 9. The highest BCUT2D eigenvalue weighted by Crippen LogP contribution is 2.08. The minimum atomic E-state index is -3.44. The summed E-state index contributed by atoms with van der Waals surface area (Å²) in [4.78, 5) is 13.3. The number of piperazine rings is 1. The van der Waals surface area contributed by atoms with E-state index in [-0.39, 0.29) is 5.91 Å². The molecule has 1 fully saturated rings. The van der Waals surface area contributed by atoms with Crippen LogP contribution in [-0.4, -0.2) is 57.9 Å². The number of aryl methyl sites for hydroxylation is 1. The summed E-state index contributed by atoms with van der Waals surface area (Å²) in [6.07, 6.45) is 3.48. The lowest BCUT2D eigenvalue weighted by atomic mass is 10.1. The Bertz CT molecular complexity index is 923. The van der Waals surface area contributed by atoms with Crippen molar-refractivity contribution in [3.05, 3.63) is 77.2 Å². The Kier molecular flexibility index (Phi) is 8.19. The fourth-order valence-corrected chi connectivity index (χ4v) is 4.70. The van der Waals surface area contributed by atoms with Crippen molar-refractivity contribution in [1.29, 1.82) is 0 Å². The second kappa shape index (κ2) is 11.1. The molecule has 1 heterocycles. The van der Waals surface area contributed by atoms with Gasteiger partial charge in [-0.1, -0.05) is 60.7 Å². The number of quaternary nitrogens is 1. The Hall–Kier alpha value is -2.48. The number of benzene rings is 2. The van der Waals surface area contributed by atoms with E-state index in [1.54, 1.807) is 6.08 Å². The molecule has 0 atom stereocenters. The van der Waals surface area contributed by atoms with Crippen molar-refractivity contribution in [1.82, 2.24) is 9.62 Å². The van der Waals surface area contributed by atoms with Crippen LogP contribution in [0.25, 0.3) is 6.08 Å². The minimum absolute atomic E-state index is 0.0262. The smallest absolute Gasteiger partial charge is 0.275 e. The van der Waals surface area contributed by atoms with E-state index in [0.29, 0.717) is 39.3 Å². The summed E-state index contributed by atoms with van der Waals surface area (Å²) in [7, 11) is -3.44. The van der Waals surface area contributed by atoms with E-state index in [0.717, 1.165) is 23.3 Å². The third-order valence-electron chi connectivity index (χ3n) is 5.24. The highest BCUT2D eigenvalue weighted by atomic mass is 32.2. The number of amides is 1. The number of nitrogens with zero attached hydrogens (tertiary/aromatic N) is 1. The number of hydrogen-bond acceptors (Lipinski definition) is 3. The van der Waals surface area contributed by atoms with Crippen LogP contribution in [0.3, 0.4) is 0 Å². The Morgan fingerprint density at radius 1 is 1.00 bits per heavy atom. The van der Waals surface area contributed by atoms with Crippen LogP contribution >= 0.6 is 0 Å². The molecule has 3 rings (SSSR count). The first-order valence-electron chi connectivity index (χ1n) is 10.4. The molecule has 2 N–H and O–H groups in total. The summed E-state index contributed by atoms with van der Waals surface area (Å²) < 4.78 is 26.6. The molecular weight excluding hydrogens is 398 g/mol. The van der Waals surface area contributed by atoms with Gasteiger partial charge in [-0.2, -0.15) is 4.31 Å². The second-order valence-electron chi connectivity index (χ2n) is 7.52. The van der Waals surface area contributed by atoms with Crippen molar-refractivity contribution >= 4 is 22.0 Å². The third kappa shape index (κ3) is 7.09. The molecule has 1 saturated heterocycles. The Balaban J connectivity index is 1.36. The highest BCUT2D eigenvalue weighted by molar-refractivity contribution is 7.92. The quantitative estimate of drug-likeness (QED) is 0.584. The van der Waals surface area contributed by atoms with Crippen molar-refractivity contribution in [3.8, 4) is 0 Å². The summed E-state index contributed by atoms with van der Waals surface area (Å²) in [6.45, 7) is 3.17. The van der Waals surface area contributed by atoms with Crippen LogP contribution in [0.5, 0.6) is 0 Å². The van der Waals surface area contributed by atoms with Gasteiger partial charge in [-0.15, -0.1) is 0 Å². The maximum Gasteiger partial charge on any atom is 0.275 e. The first-order chi connectivity index (χ1) is 14.5. The largest absolute Gasteiger partial charge is 0.351 e. The van der Waals surface area contributed by atoms with E-state index in [1.165, 1.54) is 15.3 Å². The number of nitrogens with one attached hydrogen (secondary N) is 2. The van der Waals surface area contributed by atoms with Gasteiger partial charge in [0, 0.05) is 12.0 Å². The predicted octanol–water partition coefficient (Wildman–Crippen LogP) is 0.937. The number of carbonyl (C=O) groups is 1. The molecule has 160 valence electrons. The zero-order valence-corrected chi connectivity index (χ0v) is 18.0. The molecule has 30 heavy (non-hydrogen) atoms. The average Bonchev–Trinajstić information content (AvgIpc) is 2.77. The normalized spacial score (nSPS) is 16.0. The summed E-state index contributed by atoms with van der Waals surface area (Å²) >= 11 is 0. The molecule has 6 nitrogen and oxygen atoms in total. The number of carbonyl (C=O) groups excluding carboxylic acids is 1. The summed E-state index contributed by atoms with van der Waals surface area (Å²) in [6, 6.07) is 19.6. The molecule has 2 aromatic carbocycles. The molecule has 0 aromatic heterocycles. The topological polar surface area (TPSA) is 70.9 Å². The van der Waals surface area contributed by atoms with Crippen molar-refractivity contribution in [2.24, 2.45) is 0 Å². The van der Waals surface area contributed by atoms with E-state index < -0.39 is 10.0 Å². The maximum atomic E-state index is 12.5. The molecule has 0 radical (unpaired) electrons. The van der Waals surface area contributed by atoms with Crippen molar-refractivity contribution in [2.45, 2.75) is 12.8 Å². The second-order valence-corrected chi connectivity index (χ2v) is 9.34. The monoisotopic (exact) mass is 428 g/mol. The van der Waals surface area contributed by atoms with Gasteiger partial charge in [-0.05, 0) is 30.0 Å². The molecule has 0 saturated carbocycles. The molecular formula is C23H30N3O3S+. The molecule has 0 aliphatic carbocycles. The third-order valence-corrected chi connectivity index (χ3v) is 6.80. The van der Waals surface area contributed by atoms with Gasteiger partial charge in [0.25, 0.3) is 5.91 Å². The van der Waals surface area contributed by atoms with Gasteiger partial charge in [-0.3, -0.25) is 4.79 Å². The van der Waals surface area contributed by atoms with Gasteiger partial charge in [0.15, 0.2) is 6.54 Å². The van der Waals surface area contributed by atoms with Gasteiger partial charge in [0.1, 0.15) is 0 Å². The first-order valence-corrected chi connectivity index (χ1v) is 11.9. The molecule has 1 aliphatic heterocycles. The fourth-order valence-electron chi connectivity index (χ4n) is 3.50. The van der Waals surface area contributed by atoms with Gasteiger partial charge in [-0.25, -0.2) is 8.42 Å². The molecule has 0 bridgehead atoms. The molecule has 2 aromatic rings. The van der Waals surface area contributed by atoms with E-state index in [9.17, 15) is 13.2 Å². The van der Waals surface area contributed by atoms with Crippen LogP contribution in [-0.2, 0) is 21.2 Å². The molecule has 1 amide bonds. The Morgan fingerprint density at radius 3 is 2.30 bits per heavy atom. The molecule has 0 unspecified atom stereocenters. The van der Waals surface area contributed by atoms with Gasteiger partial charge >= 0.3 is 0 Å². The predicted molar refractivity (Wildman–Crippen MR) is 119 cm³/mol. The van der Waals surface area contributed by atoms with E-state index >= 15 is 0 Å². The zero-order valence-electron chi connectivity index (χ0n) is 17.2. The van der Waals surface area contributed by atoms with Crippen LogP contribution < -0.4 is 10.2 Å². The molecule has 1 aliphatic rings.